The number of cyclic esters (lactones) is 1. The molecule has 18 nitrogen and oxygen atoms in total. The van der Waals surface area contributed by atoms with Crippen LogP contribution in [0, 0.1) is 27.9 Å². The van der Waals surface area contributed by atoms with Crippen molar-refractivity contribution in [1.29, 1.82) is 0 Å². The second kappa shape index (κ2) is 21.9. The van der Waals surface area contributed by atoms with E-state index in [-0.39, 0.29) is 55.6 Å². The number of benzene rings is 5. The number of piperazine rings is 1. The number of hydrogen-bond donors (Lipinski definition) is 2. The molecule has 0 radical (unpaired) electrons. The zero-order valence-electron chi connectivity index (χ0n) is 42.6. The number of rotatable bonds is 11. The number of esters is 1. The SMILES string of the molecule is O=C1O[C@@H](c2ccccc2)[C@@H](c2ccccc2)N2[C@@H](c3ccccc3OCCO)[C@]3(C(=O)N(C(=O)OCc4ccc([N+](=O)[O-])cc4)c4ccc(C#CC5(O)CCCCCC5)cc43)[C@@H](C(=O)N3CCN(c4ncccn4)CC3)[C@H]12. The number of hydrogen-bond acceptors (Lipinski definition) is 15. The molecule has 3 amide bonds. The van der Waals surface area contributed by atoms with Crippen LogP contribution in [0.1, 0.15) is 90.1 Å². The van der Waals surface area contributed by atoms with Gasteiger partial charge >= 0.3 is 12.1 Å². The lowest BCUT2D eigenvalue weighted by Crippen LogP contribution is -2.59. The molecule has 78 heavy (non-hydrogen) atoms. The summed E-state index contributed by atoms with van der Waals surface area (Å²) >= 11 is 0. The minimum atomic E-state index is -2.20. The number of nitro groups is 1. The molecule has 5 aliphatic rings. The molecule has 0 bridgehead atoms. The Labute approximate surface area is 450 Å². The number of fused-ring (bicyclic) bond motifs is 3. The van der Waals surface area contributed by atoms with E-state index in [1.165, 1.54) is 24.3 Å². The fourth-order valence-electron chi connectivity index (χ4n) is 12.2. The first-order valence-corrected chi connectivity index (χ1v) is 26.4. The third kappa shape index (κ3) is 9.47. The molecule has 398 valence electrons. The van der Waals surface area contributed by atoms with Gasteiger partial charge in [-0.05, 0) is 90.4 Å². The first-order chi connectivity index (χ1) is 38.0. The van der Waals surface area contributed by atoms with Crippen molar-refractivity contribution in [2.45, 2.75) is 80.4 Å². The Bertz CT molecular complexity index is 3270. The van der Waals surface area contributed by atoms with Crippen LogP contribution in [-0.4, -0.2) is 110 Å². The van der Waals surface area contributed by atoms with Gasteiger partial charge in [-0.25, -0.2) is 19.7 Å². The smallest absolute Gasteiger partial charge is 0.421 e. The molecule has 5 aromatic carbocycles. The Balaban J connectivity index is 1.16. The Kier molecular flexibility index (Phi) is 14.5. The highest BCUT2D eigenvalue weighted by molar-refractivity contribution is 6.23. The molecule has 18 heteroatoms. The molecular formula is C60H57N7O11. The zero-order valence-corrected chi connectivity index (χ0v) is 42.6. The molecule has 11 rings (SSSR count). The first-order valence-electron chi connectivity index (χ1n) is 26.4. The molecule has 4 fully saturated rings. The van der Waals surface area contributed by atoms with Gasteiger partial charge in [0, 0.05) is 61.8 Å². The lowest BCUT2D eigenvalue weighted by molar-refractivity contribution is -0.384. The number of para-hydroxylation sites is 1. The maximum absolute atomic E-state index is 17.0. The van der Waals surface area contributed by atoms with Crippen LogP contribution in [0.2, 0.25) is 0 Å². The fraction of sp³-hybridized carbons (Fsp3) is 0.333. The number of anilines is 2. The molecule has 1 aromatic heterocycles. The van der Waals surface area contributed by atoms with E-state index >= 15 is 19.2 Å². The third-order valence-corrected chi connectivity index (χ3v) is 15.8. The second-order valence-corrected chi connectivity index (χ2v) is 20.3. The molecule has 1 saturated carbocycles. The molecule has 1 spiro atoms. The summed E-state index contributed by atoms with van der Waals surface area (Å²) in [7, 11) is 0. The van der Waals surface area contributed by atoms with Crippen molar-refractivity contribution in [3.8, 4) is 17.6 Å². The highest BCUT2D eigenvalue weighted by atomic mass is 16.6. The highest BCUT2D eigenvalue weighted by Gasteiger charge is 2.76. The summed E-state index contributed by atoms with van der Waals surface area (Å²) in [4.78, 5) is 90.7. The average Bonchev–Trinajstić information content (AvgIpc) is 3.98. The van der Waals surface area contributed by atoms with E-state index in [1.807, 2.05) is 70.5 Å². The van der Waals surface area contributed by atoms with Crippen molar-refractivity contribution in [2.24, 2.45) is 5.92 Å². The van der Waals surface area contributed by atoms with E-state index in [4.69, 9.17) is 14.2 Å². The van der Waals surface area contributed by atoms with E-state index in [9.17, 15) is 20.3 Å². The number of aliphatic hydroxyl groups excluding tert-OH is 1. The topological polar surface area (TPSA) is 218 Å². The van der Waals surface area contributed by atoms with Crippen LogP contribution in [0.3, 0.4) is 0 Å². The van der Waals surface area contributed by atoms with Crippen molar-refractivity contribution < 1.29 is 48.5 Å². The fourth-order valence-corrected chi connectivity index (χ4v) is 12.2. The molecule has 0 unspecified atom stereocenters. The number of imide groups is 1. The minimum Gasteiger partial charge on any atom is -0.491 e. The number of aliphatic hydroxyl groups is 2. The molecule has 1 aliphatic carbocycles. The maximum Gasteiger partial charge on any atom is 0.421 e. The second-order valence-electron chi connectivity index (χ2n) is 20.3. The van der Waals surface area contributed by atoms with Crippen molar-refractivity contribution in [1.82, 2.24) is 19.8 Å². The summed E-state index contributed by atoms with van der Waals surface area (Å²) < 4.78 is 19.0. The highest BCUT2D eigenvalue weighted by Crippen LogP contribution is 2.67. The quantitative estimate of drug-likeness (QED) is 0.0421. The number of carbonyl (C=O) groups is 4. The van der Waals surface area contributed by atoms with Gasteiger partial charge in [0.2, 0.25) is 17.8 Å². The van der Waals surface area contributed by atoms with Gasteiger partial charge in [0.05, 0.1) is 35.2 Å². The van der Waals surface area contributed by atoms with Gasteiger partial charge in [-0.3, -0.25) is 29.4 Å². The first kappa shape index (κ1) is 51.6. The van der Waals surface area contributed by atoms with Crippen LogP contribution < -0.4 is 14.5 Å². The molecule has 3 saturated heterocycles. The van der Waals surface area contributed by atoms with Crippen LogP contribution in [0.5, 0.6) is 5.75 Å². The summed E-state index contributed by atoms with van der Waals surface area (Å²) in [5, 5.41) is 33.6. The lowest BCUT2D eigenvalue weighted by Gasteiger charge is -2.46. The van der Waals surface area contributed by atoms with Gasteiger partial charge in [-0.15, -0.1) is 0 Å². The molecule has 6 atom stereocenters. The van der Waals surface area contributed by atoms with Crippen molar-refractivity contribution >= 4 is 41.2 Å². The predicted octanol–water partition coefficient (Wildman–Crippen LogP) is 7.54. The number of morpholine rings is 1. The largest absolute Gasteiger partial charge is 0.491 e. The minimum absolute atomic E-state index is 0.0686. The van der Waals surface area contributed by atoms with Gasteiger partial charge < -0.3 is 34.2 Å². The van der Waals surface area contributed by atoms with Crippen LogP contribution in [0.25, 0.3) is 0 Å². The molecule has 6 aromatic rings. The normalized spacial score (nSPS) is 23.6. The molecular weight excluding hydrogens is 995 g/mol. The Hall–Kier alpha value is -8.50. The summed E-state index contributed by atoms with van der Waals surface area (Å²) in [6.45, 7) is 0.0136. The molecule has 2 N–H and O–H groups in total. The zero-order chi connectivity index (χ0) is 54.0. The van der Waals surface area contributed by atoms with Crippen molar-refractivity contribution in [3.05, 3.63) is 189 Å². The number of non-ortho nitro benzene ring substituents is 1. The predicted molar refractivity (Wildman–Crippen MR) is 285 cm³/mol. The van der Waals surface area contributed by atoms with Crippen LogP contribution >= 0.6 is 0 Å². The van der Waals surface area contributed by atoms with Gasteiger partial charge in [-0.1, -0.05) is 104 Å². The van der Waals surface area contributed by atoms with Gasteiger partial charge in [-0.2, -0.15) is 0 Å². The number of amides is 3. The third-order valence-electron chi connectivity index (χ3n) is 15.8. The summed E-state index contributed by atoms with van der Waals surface area (Å²) in [6.07, 6.45) is 5.63. The lowest BCUT2D eigenvalue weighted by atomic mass is 9.64. The van der Waals surface area contributed by atoms with Crippen LogP contribution in [0.15, 0.2) is 146 Å². The average molecular weight is 1050 g/mol. The number of carbonyl (C=O) groups excluding carboxylic acids is 4. The number of nitrogens with zero attached hydrogens (tertiary/aromatic N) is 7. The Morgan fingerprint density at radius 1 is 0.795 bits per heavy atom. The van der Waals surface area contributed by atoms with Gasteiger partial charge in [0.1, 0.15) is 42.1 Å². The van der Waals surface area contributed by atoms with E-state index in [0.29, 0.717) is 59.7 Å². The standard InChI is InChI=1S/C60H57N7O11/c68-36-37-76-48-19-10-9-18-45(48)53-60(46-38-40(26-29-59(73)27-11-1-2-12-28-59)22-25-47(46)65(56(60)71)58(72)77-39-41-20-23-44(24-21-41)67(74)75)49(54(69)63-32-34-64(35-33-63)57-61-30-13-31-62-57)51-55(70)78-52(43-16-7-4-8-17-43)50(66(51)53)42-14-5-3-6-15-42/h3-10,13-25,30-31,38,49-53,68,73H,1-2,11-12,27-28,32-37,39H2/t49-,50-,51-,52+,53+,60-/m1/s1. The summed E-state index contributed by atoms with van der Waals surface area (Å²) in [5.41, 5.74) is -0.893. The van der Waals surface area contributed by atoms with E-state index in [2.05, 4.69) is 21.8 Å². The monoisotopic (exact) mass is 1050 g/mol. The van der Waals surface area contributed by atoms with Gasteiger partial charge in [0.25, 0.3) is 5.69 Å². The summed E-state index contributed by atoms with van der Waals surface area (Å²) in [6, 6.07) is 34.1. The van der Waals surface area contributed by atoms with Crippen molar-refractivity contribution in [3.63, 3.8) is 0 Å². The number of aromatic nitrogens is 2. The number of ether oxygens (including phenoxy) is 3. The molecule has 4 aliphatic heterocycles. The maximum atomic E-state index is 17.0. The van der Waals surface area contributed by atoms with E-state index in [1.54, 1.807) is 65.8 Å². The molecule has 5 heterocycles. The van der Waals surface area contributed by atoms with E-state index in [0.717, 1.165) is 30.6 Å². The van der Waals surface area contributed by atoms with Gasteiger partial charge in [0.15, 0.2) is 0 Å². The van der Waals surface area contributed by atoms with E-state index < -0.39 is 70.0 Å². The number of nitro benzene ring substituents is 1. The van der Waals surface area contributed by atoms with Crippen LogP contribution in [-0.2, 0) is 35.9 Å². The Morgan fingerprint density at radius 2 is 1.46 bits per heavy atom. The van der Waals surface area contributed by atoms with Crippen molar-refractivity contribution in [2.75, 3.05) is 49.2 Å². The summed E-state index contributed by atoms with van der Waals surface area (Å²) in [5.74, 6) is 3.30. The van der Waals surface area contributed by atoms with Crippen LogP contribution in [0.4, 0.5) is 22.1 Å². The Morgan fingerprint density at radius 3 is 2.14 bits per heavy atom.